The van der Waals surface area contributed by atoms with Gasteiger partial charge in [0.2, 0.25) is 11.8 Å². The number of hydrogen-bond acceptors (Lipinski definition) is 6. The molecule has 1 rings (SSSR count). The molecule has 0 aliphatic heterocycles. The Morgan fingerprint density at radius 3 is 2.28 bits per heavy atom. The van der Waals surface area contributed by atoms with Crippen molar-refractivity contribution in [2.45, 2.75) is 26.2 Å². The van der Waals surface area contributed by atoms with Crippen LogP contribution in [-0.2, 0) is 14.3 Å². The molecule has 0 saturated carbocycles. The molecule has 0 aromatic carbocycles. The van der Waals surface area contributed by atoms with Gasteiger partial charge in [-0.15, -0.1) is 4.73 Å². The molecule has 7 heteroatoms. The summed E-state index contributed by atoms with van der Waals surface area (Å²) in [7, 11) is 0. The molecule has 1 aromatic heterocycles. The summed E-state index contributed by atoms with van der Waals surface area (Å²) in [6, 6.07) is 2.36. The SMILES string of the molecule is CCOC(=O)CCCC(=O)On1c(O)ccc1O. The number of esters is 1. The first kappa shape index (κ1) is 13.9. The second-order valence-corrected chi connectivity index (χ2v) is 3.47. The maximum atomic E-state index is 11.3. The van der Waals surface area contributed by atoms with Gasteiger partial charge in [-0.3, -0.25) is 4.79 Å². The Morgan fingerprint density at radius 1 is 1.17 bits per heavy atom. The van der Waals surface area contributed by atoms with E-state index >= 15 is 0 Å². The average Bonchev–Trinajstić information content (AvgIpc) is 2.61. The summed E-state index contributed by atoms with van der Waals surface area (Å²) in [6.45, 7) is 2.00. The Bertz CT molecular complexity index is 406. The van der Waals surface area contributed by atoms with Gasteiger partial charge in [-0.25, -0.2) is 4.79 Å². The van der Waals surface area contributed by atoms with Crippen LogP contribution in [0.2, 0.25) is 0 Å². The Morgan fingerprint density at radius 2 is 1.72 bits per heavy atom. The number of carbonyl (C=O) groups is 2. The fourth-order valence-electron chi connectivity index (χ4n) is 1.25. The van der Waals surface area contributed by atoms with Crippen molar-refractivity contribution >= 4 is 11.9 Å². The van der Waals surface area contributed by atoms with E-state index in [1.54, 1.807) is 6.92 Å². The number of carbonyl (C=O) groups excluding carboxylic acids is 2. The molecule has 0 radical (unpaired) electrons. The highest BCUT2D eigenvalue weighted by Crippen LogP contribution is 2.18. The van der Waals surface area contributed by atoms with Crippen LogP contribution in [-0.4, -0.2) is 33.5 Å². The van der Waals surface area contributed by atoms with Gasteiger partial charge in [0, 0.05) is 25.0 Å². The predicted octanol–water partition coefficient (Wildman–Crippen LogP) is 0.588. The molecular weight excluding hydrogens is 242 g/mol. The maximum absolute atomic E-state index is 11.3. The molecule has 0 spiro atoms. The van der Waals surface area contributed by atoms with E-state index < -0.39 is 5.97 Å². The molecule has 1 aromatic rings. The minimum absolute atomic E-state index is 0.0180. The lowest BCUT2D eigenvalue weighted by Gasteiger charge is -2.06. The zero-order chi connectivity index (χ0) is 13.5. The molecule has 0 unspecified atom stereocenters. The van der Waals surface area contributed by atoms with Crippen LogP contribution in [0.1, 0.15) is 26.2 Å². The van der Waals surface area contributed by atoms with Gasteiger partial charge in [-0.1, -0.05) is 0 Å². The summed E-state index contributed by atoms with van der Waals surface area (Å²) in [5.74, 6) is -1.81. The van der Waals surface area contributed by atoms with Crippen molar-refractivity contribution in [1.29, 1.82) is 0 Å². The van der Waals surface area contributed by atoms with Crippen LogP contribution in [0.5, 0.6) is 11.8 Å². The summed E-state index contributed by atoms with van der Waals surface area (Å²) in [5, 5.41) is 18.4. The number of aromatic hydroxyl groups is 2. The fraction of sp³-hybridized carbons (Fsp3) is 0.455. The average molecular weight is 257 g/mol. The molecule has 0 atom stereocenters. The first-order chi connectivity index (χ1) is 8.54. The largest absolute Gasteiger partial charge is 0.492 e. The van der Waals surface area contributed by atoms with Gasteiger partial charge in [-0.05, 0) is 13.3 Å². The third-order valence-electron chi connectivity index (χ3n) is 2.06. The second kappa shape index (κ2) is 6.53. The monoisotopic (exact) mass is 257 g/mol. The van der Waals surface area contributed by atoms with E-state index in [0.717, 1.165) is 0 Å². The summed E-state index contributed by atoms with van der Waals surface area (Å²) in [6.07, 6.45) is 0.378. The highest BCUT2D eigenvalue weighted by Gasteiger charge is 2.12. The van der Waals surface area contributed by atoms with E-state index in [-0.39, 0.29) is 37.0 Å². The van der Waals surface area contributed by atoms with Crippen molar-refractivity contribution in [3.05, 3.63) is 12.1 Å². The van der Waals surface area contributed by atoms with E-state index in [2.05, 4.69) is 4.84 Å². The number of rotatable bonds is 6. The Labute approximate surface area is 103 Å². The van der Waals surface area contributed by atoms with Gasteiger partial charge < -0.3 is 19.8 Å². The standard InChI is InChI=1S/C11H15NO6/c1-2-17-10(15)4-3-5-11(16)18-12-8(13)6-7-9(12)14/h6-7,13-14H,2-5H2,1H3. The molecule has 0 aliphatic carbocycles. The Hall–Kier alpha value is -2.18. The van der Waals surface area contributed by atoms with Crippen molar-refractivity contribution in [2.75, 3.05) is 6.61 Å². The Balaban J connectivity index is 2.32. The lowest BCUT2D eigenvalue weighted by Crippen LogP contribution is -2.19. The van der Waals surface area contributed by atoms with Crippen LogP contribution in [0.25, 0.3) is 0 Å². The van der Waals surface area contributed by atoms with Crippen molar-refractivity contribution in [3.63, 3.8) is 0 Å². The summed E-state index contributed by atoms with van der Waals surface area (Å²) >= 11 is 0. The van der Waals surface area contributed by atoms with E-state index in [9.17, 15) is 19.8 Å². The number of aromatic nitrogens is 1. The third kappa shape index (κ3) is 4.00. The van der Waals surface area contributed by atoms with Gasteiger partial charge in [0.15, 0.2) is 0 Å². The summed E-state index contributed by atoms with van der Waals surface area (Å²) in [4.78, 5) is 27.0. The van der Waals surface area contributed by atoms with Crippen molar-refractivity contribution in [3.8, 4) is 11.8 Å². The molecule has 0 bridgehead atoms. The van der Waals surface area contributed by atoms with Crippen LogP contribution >= 0.6 is 0 Å². The second-order valence-electron chi connectivity index (χ2n) is 3.47. The number of hydrogen-bond donors (Lipinski definition) is 2. The summed E-state index contributed by atoms with van der Waals surface area (Å²) < 4.78 is 5.30. The zero-order valence-corrected chi connectivity index (χ0v) is 9.96. The molecule has 0 aliphatic rings. The van der Waals surface area contributed by atoms with Crippen LogP contribution in [0, 0.1) is 0 Å². The van der Waals surface area contributed by atoms with Crippen molar-refractivity contribution < 1.29 is 29.4 Å². The highest BCUT2D eigenvalue weighted by molar-refractivity contribution is 5.72. The first-order valence-electron chi connectivity index (χ1n) is 5.51. The van der Waals surface area contributed by atoms with Gasteiger partial charge in [0.05, 0.1) is 6.61 Å². The minimum Gasteiger partial charge on any atom is -0.492 e. The Kier molecular flexibility index (Phi) is 5.04. The van der Waals surface area contributed by atoms with Crippen LogP contribution in [0.4, 0.5) is 0 Å². The quantitative estimate of drug-likeness (QED) is 0.724. The molecule has 0 saturated heterocycles. The highest BCUT2D eigenvalue weighted by atomic mass is 16.7. The zero-order valence-electron chi connectivity index (χ0n) is 9.96. The molecule has 1 heterocycles. The fourth-order valence-corrected chi connectivity index (χ4v) is 1.25. The third-order valence-corrected chi connectivity index (χ3v) is 2.06. The van der Waals surface area contributed by atoms with Gasteiger partial charge in [-0.2, -0.15) is 0 Å². The molecule has 7 nitrogen and oxygen atoms in total. The maximum Gasteiger partial charge on any atom is 0.333 e. The summed E-state index contributed by atoms with van der Waals surface area (Å²) in [5.41, 5.74) is 0. The van der Waals surface area contributed by atoms with Crippen molar-refractivity contribution in [1.82, 2.24) is 4.73 Å². The predicted molar refractivity (Wildman–Crippen MR) is 59.8 cm³/mol. The lowest BCUT2D eigenvalue weighted by atomic mass is 10.2. The lowest BCUT2D eigenvalue weighted by molar-refractivity contribution is -0.146. The smallest absolute Gasteiger partial charge is 0.333 e. The van der Waals surface area contributed by atoms with Crippen molar-refractivity contribution in [2.24, 2.45) is 0 Å². The van der Waals surface area contributed by atoms with Gasteiger partial charge >= 0.3 is 11.9 Å². The van der Waals surface area contributed by atoms with E-state index in [4.69, 9.17) is 4.74 Å². The molecule has 2 N–H and O–H groups in total. The molecule has 18 heavy (non-hydrogen) atoms. The molecular formula is C11H15NO6. The first-order valence-corrected chi connectivity index (χ1v) is 5.51. The van der Waals surface area contributed by atoms with Gasteiger partial charge in [0.1, 0.15) is 0 Å². The number of nitrogens with zero attached hydrogens (tertiary/aromatic N) is 1. The van der Waals surface area contributed by atoms with E-state index in [1.165, 1.54) is 12.1 Å². The minimum atomic E-state index is -0.666. The van der Waals surface area contributed by atoms with Gasteiger partial charge in [0.25, 0.3) is 0 Å². The van der Waals surface area contributed by atoms with E-state index in [1.807, 2.05) is 0 Å². The normalized spacial score (nSPS) is 10.1. The molecule has 100 valence electrons. The topological polar surface area (TPSA) is 98.0 Å². The molecule has 0 fully saturated rings. The molecule has 0 amide bonds. The van der Waals surface area contributed by atoms with Crippen LogP contribution in [0.3, 0.4) is 0 Å². The van der Waals surface area contributed by atoms with Crippen LogP contribution < -0.4 is 4.84 Å². The number of ether oxygens (including phenoxy) is 1. The van der Waals surface area contributed by atoms with E-state index in [0.29, 0.717) is 11.3 Å². The van der Waals surface area contributed by atoms with Crippen LogP contribution in [0.15, 0.2) is 12.1 Å².